The molecule has 1 aromatic carbocycles. The highest BCUT2D eigenvalue weighted by molar-refractivity contribution is 5.40. The maximum absolute atomic E-state index is 12.7. The Morgan fingerprint density at radius 3 is 1.80 bits per heavy atom. The number of benzene rings is 1. The molecular formula is C13H9F9O3. The van der Waals surface area contributed by atoms with Gasteiger partial charge < -0.3 is 14.2 Å². The summed E-state index contributed by atoms with van der Waals surface area (Å²) in [6, 6.07) is 5.63. The largest absolute Gasteiger partial charge is 0.486 e. The van der Waals surface area contributed by atoms with Crippen molar-refractivity contribution in [3.05, 3.63) is 24.3 Å². The summed E-state index contributed by atoms with van der Waals surface area (Å²) >= 11 is 0. The molecule has 3 nitrogen and oxygen atoms in total. The molecule has 0 radical (unpaired) electrons. The van der Waals surface area contributed by atoms with Gasteiger partial charge in [-0.3, -0.25) is 0 Å². The molecule has 1 unspecified atom stereocenters. The van der Waals surface area contributed by atoms with Crippen molar-refractivity contribution >= 4 is 0 Å². The van der Waals surface area contributed by atoms with Crippen LogP contribution >= 0.6 is 0 Å². The van der Waals surface area contributed by atoms with Gasteiger partial charge in [-0.05, 0) is 12.1 Å². The van der Waals surface area contributed by atoms with E-state index in [9.17, 15) is 39.5 Å². The van der Waals surface area contributed by atoms with E-state index in [0.717, 1.165) is 0 Å². The van der Waals surface area contributed by atoms with E-state index in [1.807, 2.05) is 0 Å². The molecule has 2 rings (SSSR count). The molecule has 1 atom stereocenters. The number of fused-ring (bicyclic) bond motifs is 1. The van der Waals surface area contributed by atoms with Gasteiger partial charge >= 0.3 is 24.1 Å². The van der Waals surface area contributed by atoms with E-state index in [2.05, 4.69) is 4.74 Å². The van der Waals surface area contributed by atoms with Crippen LogP contribution in [0.3, 0.4) is 0 Å². The van der Waals surface area contributed by atoms with Crippen molar-refractivity contribution < 1.29 is 53.7 Å². The third-order valence-corrected chi connectivity index (χ3v) is 3.25. The molecule has 0 bridgehead atoms. The van der Waals surface area contributed by atoms with Crippen LogP contribution in [0.4, 0.5) is 39.5 Å². The SMILES string of the molecule is FC(F)(F)C(OCC1COc2ccccc2O1)(C(F)(F)F)C(F)(F)F. The van der Waals surface area contributed by atoms with Gasteiger partial charge in [0, 0.05) is 0 Å². The lowest BCUT2D eigenvalue weighted by Gasteiger charge is -2.39. The van der Waals surface area contributed by atoms with Crippen molar-refractivity contribution in [3.8, 4) is 11.5 Å². The zero-order valence-electron chi connectivity index (χ0n) is 11.9. The number of hydrogen-bond acceptors (Lipinski definition) is 3. The summed E-state index contributed by atoms with van der Waals surface area (Å²) in [6.07, 6.45) is -21.9. The molecule has 1 heterocycles. The highest BCUT2D eigenvalue weighted by Gasteiger charge is 2.85. The van der Waals surface area contributed by atoms with Crippen LogP contribution in [-0.4, -0.2) is 43.4 Å². The molecule has 0 spiro atoms. The van der Waals surface area contributed by atoms with Crippen molar-refractivity contribution in [2.45, 2.75) is 30.2 Å². The highest BCUT2D eigenvalue weighted by atomic mass is 19.4. The van der Waals surface area contributed by atoms with Crippen molar-refractivity contribution in [2.75, 3.05) is 13.2 Å². The van der Waals surface area contributed by atoms with Crippen molar-refractivity contribution in [1.29, 1.82) is 0 Å². The lowest BCUT2D eigenvalue weighted by molar-refractivity contribution is -0.458. The average molecular weight is 384 g/mol. The Labute approximate surface area is 134 Å². The van der Waals surface area contributed by atoms with E-state index < -0.39 is 43.4 Å². The van der Waals surface area contributed by atoms with E-state index in [0.29, 0.717) is 0 Å². The Hall–Kier alpha value is -1.85. The van der Waals surface area contributed by atoms with Crippen LogP contribution in [0.25, 0.3) is 0 Å². The molecule has 0 saturated heterocycles. The Balaban J connectivity index is 2.25. The van der Waals surface area contributed by atoms with Crippen molar-refractivity contribution in [1.82, 2.24) is 0 Å². The van der Waals surface area contributed by atoms with Crippen LogP contribution in [0.15, 0.2) is 24.3 Å². The second-order valence-corrected chi connectivity index (χ2v) is 4.98. The van der Waals surface area contributed by atoms with Gasteiger partial charge in [0.2, 0.25) is 0 Å². The third-order valence-electron chi connectivity index (χ3n) is 3.25. The maximum Gasteiger partial charge on any atom is 0.435 e. The zero-order chi connectivity index (χ0) is 19.1. The normalized spacial score (nSPS) is 19.0. The van der Waals surface area contributed by atoms with E-state index in [1.165, 1.54) is 24.3 Å². The highest BCUT2D eigenvalue weighted by Crippen LogP contribution is 2.55. The van der Waals surface area contributed by atoms with Crippen LogP contribution in [0.2, 0.25) is 0 Å². The van der Waals surface area contributed by atoms with Crippen LogP contribution in [-0.2, 0) is 4.74 Å². The van der Waals surface area contributed by atoms with Crippen LogP contribution in [0.5, 0.6) is 11.5 Å². The average Bonchev–Trinajstić information content (AvgIpc) is 2.43. The quantitative estimate of drug-likeness (QED) is 0.729. The molecule has 0 aliphatic carbocycles. The van der Waals surface area contributed by atoms with Crippen molar-refractivity contribution in [3.63, 3.8) is 0 Å². The van der Waals surface area contributed by atoms with Gasteiger partial charge in [0.25, 0.3) is 0 Å². The number of hydrogen-bond donors (Lipinski definition) is 0. The zero-order valence-corrected chi connectivity index (χ0v) is 11.9. The van der Waals surface area contributed by atoms with E-state index in [1.54, 1.807) is 0 Å². The first-order chi connectivity index (χ1) is 11.3. The van der Waals surface area contributed by atoms with Gasteiger partial charge in [-0.15, -0.1) is 0 Å². The van der Waals surface area contributed by atoms with Gasteiger partial charge in [0.05, 0.1) is 6.61 Å². The number of rotatable bonds is 3. The van der Waals surface area contributed by atoms with Gasteiger partial charge in [-0.1, -0.05) is 12.1 Å². The van der Waals surface area contributed by atoms with Crippen LogP contribution in [0.1, 0.15) is 0 Å². The van der Waals surface area contributed by atoms with Gasteiger partial charge in [-0.25, -0.2) is 0 Å². The first-order valence-electron chi connectivity index (χ1n) is 6.52. The summed E-state index contributed by atoms with van der Waals surface area (Å²) in [6.45, 7) is -2.23. The second-order valence-electron chi connectivity index (χ2n) is 4.98. The van der Waals surface area contributed by atoms with Gasteiger partial charge in [0.15, 0.2) is 17.6 Å². The minimum absolute atomic E-state index is 0.0426. The van der Waals surface area contributed by atoms with E-state index in [4.69, 9.17) is 9.47 Å². The molecule has 0 amide bonds. The fourth-order valence-electron chi connectivity index (χ4n) is 2.09. The second kappa shape index (κ2) is 6.15. The number of alkyl halides is 9. The van der Waals surface area contributed by atoms with E-state index in [-0.39, 0.29) is 11.5 Å². The molecule has 0 aromatic heterocycles. The molecule has 0 fully saturated rings. The first-order valence-corrected chi connectivity index (χ1v) is 6.52. The summed E-state index contributed by atoms with van der Waals surface area (Å²) in [7, 11) is 0. The summed E-state index contributed by atoms with van der Waals surface area (Å²) < 4.78 is 128. The standard InChI is InChI=1S/C13H9F9O3/c14-11(15,16)10(12(17,18)19,13(20,21)22)24-6-7-5-23-8-3-1-2-4-9(8)25-7/h1-4,7H,5-6H2. The lowest BCUT2D eigenvalue weighted by atomic mass is 10.0. The molecule has 12 heteroatoms. The van der Waals surface area contributed by atoms with E-state index >= 15 is 0 Å². The first kappa shape index (κ1) is 19.5. The summed E-state index contributed by atoms with van der Waals surface area (Å²) in [5, 5.41) is 0. The van der Waals surface area contributed by atoms with Gasteiger partial charge in [0.1, 0.15) is 6.61 Å². The molecule has 1 aliphatic heterocycles. The minimum atomic E-state index is -6.78. The molecule has 142 valence electrons. The predicted molar refractivity (Wildman–Crippen MR) is 63.2 cm³/mol. The molecule has 1 aromatic rings. The summed E-state index contributed by atoms with van der Waals surface area (Å²) in [4.78, 5) is 0. The fourth-order valence-corrected chi connectivity index (χ4v) is 2.09. The third kappa shape index (κ3) is 3.44. The number of halogens is 9. The topological polar surface area (TPSA) is 27.7 Å². The molecular weight excluding hydrogens is 375 g/mol. The molecule has 0 saturated carbocycles. The monoisotopic (exact) mass is 384 g/mol. The summed E-state index contributed by atoms with van der Waals surface area (Å²) in [5.41, 5.74) is -6.33. The number of para-hydroxylation sites is 2. The van der Waals surface area contributed by atoms with Crippen LogP contribution < -0.4 is 9.47 Å². The number of ether oxygens (including phenoxy) is 3. The Kier molecular flexibility index (Phi) is 4.79. The maximum atomic E-state index is 12.7. The lowest BCUT2D eigenvalue weighted by Crippen LogP contribution is -2.68. The van der Waals surface area contributed by atoms with Gasteiger partial charge in [-0.2, -0.15) is 39.5 Å². The van der Waals surface area contributed by atoms with Crippen molar-refractivity contribution in [2.24, 2.45) is 0 Å². The Bertz CT molecular complexity index is 570. The predicted octanol–water partition coefficient (Wildman–Crippen LogP) is 4.27. The molecule has 25 heavy (non-hydrogen) atoms. The summed E-state index contributed by atoms with van der Waals surface area (Å²) in [5.74, 6) is 0.103. The van der Waals surface area contributed by atoms with Crippen LogP contribution in [0, 0.1) is 0 Å². The fraction of sp³-hybridized carbons (Fsp3) is 0.538. The molecule has 1 aliphatic rings. The smallest absolute Gasteiger partial charge is 0.435 e. The Morgan fingerprint density at radius 2 is 1.32 bits per heavy atom. The minimum Gasteiger partial charge on any atom is -0.486 e. The molecule has 0 N–H and O–H groups in total. The Morgan fingerprint density at radius 1 is 0.840 bits per heavy atom.